The summed E-state index contributed by atoms with van der Waals surface area (Å²) in [7, 11) is 0. The van der Waals surface area contributed by atoms with Crippen molar-refractivity contribution >= 4 is 52.0 Å². The molecule has 0 N–H and O–H groups in total. The summed E-state index contributed by atoms with van der Waals surface area (Å²) in [6.45, 7) is 1.89. The topological polar surface area (TPSA) is 116 Å². The Morgan fingerprint density at radius 1 is 1.11 bits per heavy atom. The maximum atomic E-state index is 12.9. The van der Waals surface area contributed by atoms with Gasteiger partial charge in [0.2, 0.25) is 0 Å². The van der Waals surface area contributed by atoms with E-state index >= 15 is 0 Å². The third-order valence-electron chi connectivity index (χ3n) is 4.88. The van der Waals surface area contributed by atoms with Gasteiger partial charge in [-0.2, -0.15) is 0 Å². The summed E-state index contributed by atoms with van der Waals surface area (Å²) in [5, 5.41) is 12.5. The Hall–Kier alpha value is -3.96. The van der Waals surface area contributed by atoms with Crippen LogP contribution in [0.15, 0.2) is 64.9 Å². The SMILES string of the molecule is CCOc1cc(/C=C2\SC(=O)N(Cc3ccccc3[N+](=O)[O-])C2=O)ccc1OC(=O)c1cccs1. The van der Waals surface area contributed by atoms with E-state index in [1.165, 1.54) is 35.6 Å². The molecule has 2 aromatic carbocycles. The molecule has 9 nitrogen and oxygen atoms in total. The molecule has 0 unspecified atom stereocenters. The Bertz CT molecular complexity index is 1340. The van der Waals surface area contributed by atoms with Crippen LogP contribution in [0.25, 0.3) is 6.08 Å². The van der Waals surface area contributed by atoms with Crippen LogP contribution in [-0.4, -0.2) is 33.5 Å². The molecule has 1 fully saturated rings. The molecular formula is C24H18N2O7S2. The quantitative estimate of drug-likeness (QED) is 0.128. The van der Waals surface area contributed by atoms with Gasteiger partial charge in [-0.1, -0.05) is 30.3 Å². The van der Waals surface area contributed by atoms with Gasteiger partial charge in [-0.05, 0) is 53.9 Å². The van der Waals surface area contributed by atoms with Gasteiger partial charge in [0.1, 0.15) is 4.88 Å². The standard InChI is InChI=1S/C24H18N2O7S2/c1-2-32-19-12-15(9-10-18(19)33-23(28)20-8-5-11-34-20)13-21-22(27)25(24(29)35-21)14-16-6-3-4-7-17(16)26(30)31/h3-13H,2,14H2,1H3/b21-13-. The number of benzene rings is 2. The molecule has 178 valence electrons. The number of hydrogen-bond donors (Lipinski definition) is 0. The molecule has 11 heteroatoms. The molecule has 35 heavy (non-hydrogen) atoms. The molecular weight excluding hydrogens is 492 g/mol. The normalized spacial score (nSPS) is 14.4. The molecule has 2 amide bonds. The average molecular weight is 511 g/mol. The zero-order valence-corrected chi connectivity index (χ0v) is 20.0. The zero-order valence-electron chi connectivity index (χ0n) is 18.3. The minimum Gasteiger partial charge on any atom is -0.490 e. The Balaban J connectivity index is 1.55. The van der Waals surface area contributed by atoms with Gasteiger partial charge in [0, 0.05) is 11.6 Å². The van der Waals surface area contributed by atoms with Crippen LogP contribution in [0.3, 0.4) is 0 Å². The number of esters is 1. The summed E-state index contributed by atoms with van der Waals surface area (Å²) in [6, 6.07) is 14.2. The second-order valence-electron chi connectivity index (χ2n) is 7.16. The van der Waals surface area contributed by atoms with E-state index in [2.05, 4.69) is 0 Å². The Labute approximate surface area is 208 Å². The number of ether oxygens (including phenoxy) is 2. The van der Waals surface area contributed by atoms with Gasteiger partial charge in [0.25, 0.3) is 16.8 Å². The highest BCUT2D eigenvalue weighted by Gasteiger charge is 2.36. The third kappa shape index (κ3) is 5.42. The van der Waals surface area contributed by atoms with E-state index in [0.29, 0.717) is 22.8 Å². The number of thioether (sulfide) groups is 1. The van der Waals surface area contributed by atoms with Crippen molar-refractivity contribution in [2.75, 3.05) is 6.61 Å². The van der Waals surface area contributed by atoms with Crippen LogP contribution < -0.4 is 9.47 Å². The number of thiophene rings is 1. The molecule has 1 aromatic heterocycles. The van der Waals surface area contributed by atoms with E-state index in [1.807, 2.05) is 0 Å². The van der Waals surface area contributed by atoms with Crippen molar-refractivity contribution in [3.05, 3.63) is 91.0 Å². The number of nitro benzene ring substituents is 1. The van der Waals surface area contributed by atoms with Gasteiger partial charge in [-0.3, -0.25) is 24.6 Å². The fourth-order valence-electron chi connectivity index (χ4n) is 3.29. The van der Waals surface area contributed by atoms with Crippen molar-refractivity contribution < 1.29 is 28.8 Å². The van der Waals surface area contributed by atoms with Crippen LogP contribution in [0.4, 0.5) is 10.5 Å². The van der Waals surface area contributed by atoms with Crippen LogP contribution in [0.1, 0.15) is 27.7 Å². The van der Waals surface area contributed by atoms with Gasteiger partial charge in [-0.25, -0.2) is 4.79 Å². The molecule has 1 aliphatic rings. The highest BCUT2D eigenvalue weighted by atomic mass is 32.2. The van der Waals surface area contributed by atoms with Gasteiger partial charge >= 0.3 is 5.97 Å². The molecule has 3 aromatic rings. The predicted octanol–water partition coefficient (Wildman–Crippen LogP) is 5.51. The average Bonchev–Trinajstić information content (AvgIpc) is 3.46. The number of rotatable bonds is 8. The van der Waals surface area contributed by atoms with E-state index in [0.717, 1.165) is 16.7 Å². The van der Waals surface area contributed by atoms with E-state index in [4.69, 9.17) is 9.47 Å². The van der Waals surface area contributed by atoms with Gasteiger partial charge in [0.05, 0.1) is 23.0 Å². The van der Waals surface area contributed by atoms with Crippen molar-refractivity contribution in [2.24, 2.45) is 0 Å². The highest BCUT2D eigenvalue weighted by Crippen LogP contribution is 2.36. The van der Waals surface area contributed by atoms with Gasteiger partial charge in [-0.15, -0.1) is 11.3 Å². The maximum Gasteiger partial charge on any atom is 0.353 e. The first-order chi connectivity index (χ1) is 16.9. The Morgan fingerprint density at radius 3 is 2.63 bits per heavy atom. The summed E-state index contributed by atoms with van der Waals surface area (Å²) >= 11 is 2.00. The van der Waals surface area contributed by atoms with Crippen LogP contribution in [0.5, 0.6) is 11.5 Å². The number of nitro groups is 1. The van der Waals surface area contributed by atoms with Gasteiger partial charge in [0.15, 0.2) is 11.5 Å². The monoisotopic (exact) mass is 510 g/mol. The van der Waals surface area contributed by atoms with E-state index in [1.54, 1.807) is 48.7 Å². The summed E-state index contributed by atoms with van der Waals surface area (Å²) in [5.74, 6) is -0.522. The Kier molecular flexibility index (Phi) is 7.28. The zero-order chi connectivity index (χ0) is 24.9. The molecule has 0 aliphatic carbocycles. The number of amides is 2. The highest BCUT2D eigenvalue weighted by molar-refractivity contribution is 8.18. The minimum absolute atomic E-state index is 0.162. The smallest absolute Gasteiger partial charge is 0.353 e. The summed E-state index contributed by atoms with van der Waals surface area (Å²) in [4.78, 5) is 50.0. The van der Waals surface area contributed by atoms with Crippen LogP contribution in [-0.2, 0) is 11.3 Å². The summed E-state index contributed by atoms with van der Waals surface area (Å²) in [6.07, 6.45) is 1.53. The molecule has 1 aliphatic heterocycles. The van der Waals surface area contributed by atoms with E-state index in [9.17, 15) is 24.5 Å². The molecule has 0 saturated carbocycles. The first kappa shape index (κ1) is 24.2. The predicted molar refractivity (Wildman–Crippen MR) is 131 cm³/mol. The lowest BCUT2D eigenvalue weighted by molar-refractivity contribution is -0.385. The molecule has 4 rings (SSSR count). The van der Waals surface area contributed by atoms with Crippen molar-refractivity contribution in [3.8, 4) is 11.5 Å². The number of para-hydroxylation sites is 1. The van der Waals surface area contributed by atoms with E-state index in [-0.39, 0.29) is 28.5 Å². The number of carbonyl (C=O) groups excluding carboxylic acids is 3. The molecule has 0 radical (unpaired) electrons. The molecule has 0 atom stereocenters. The Morgan fingerprint density at radius 2 is 1.91 bits per heavy atom. The number of carbonyl (C=O) groups is 3. The van der Waals surface area contributed by atoms with Crippen molar-refractivity contribution in [2.45, 2.75) is 13.5 Å². The largest absolute Gasteiger partial charge is 0.490 e. The van der Waals surface area contributed by atoms with Crippen molar-refractivity contribution in [3.63, 3.8) is 0 Å². The second-order valence-corrected chi connectivity index (χ2v) is 9.10. The third-order valence-corrected chi connectivity index (χ3v) is 6.64. The maximum absolute atomic E-state index is 12.9. The summed E-state index contributed by atoms with van der Waals surface area (Å²) < 4.78 is 11.1. The summed E-state index contributed by atoms with van der Waals surface area (Å²) in [5.41, 5.74) is 0.654. The lowest BCUT2D eigenvalue weighted by atomic mass is 10.1. The van der Waals surface area contributed by atoms with Gasteiger partial charge < -0.3 is 9.47 Å². The molecule has 0 bridgehead atoms. The van der Waals surface area contributed by atoms with Crippen LogP contribution in [0, 0.1) is 10.1 Å². The second kappa shape index (κ2) is 10.5. The minimum atomic E-state index is -0.552. The fraction of sp³-hybridized carbons (Fsp3) is 0.125. The first-order valence-corrected chi connectivity index (χ1v) is 12.1. The molecule has 2 heterocycles. The van der Waals surface area contributed by atoms with Crippen molar-refractivity contribution in [1.29, 1.82) is 0 Å². The number of hydrogen-bond acceptors (Lipinski definition) is 9. The fourth-order valence-corrected chi connectivity index (χ4v) is 4.73. The lowest BCUT2D eigenvalue weighted by Crippen LogP contribution is -2.27. The van der Waals surface area contributed by atoms with Crippen molar-refractivity contribution in [1.82, 2.24) is 4.90 Å². The molecule has 0 spiro atoms. The number of nitrogens with zero attached hydrogens (tertiary/aromatic N) is 2. The lowest BCUT2D eigenvalue weighted by Gasteiger charge is -2.12. The number of imide groups is 1. The van der Waals surface area contributed by atoms with Crippen LogP contribution >= 0.6 is 23.1 Å². The molecule has 1 saturated heterocycles. The van der Waals surface area contributed by atoms with Crippen LogP contribution in [0.2, 0.25) is 0 Å². The van der Waals surface area contributed by atoms with E-state index < -0.39 is 22.0 Å². The first-order valence-electron chi connectivity index (χ1n) is 10.4.